The lowest BCUT2D eigenvalue weighted by atomic mass is 9.77. The van der Waals surface area contributed by atoms with E-state index >= 15 is 0 Å². The zero-order valence-corrected chi connectivity index (χ0v) is 21.6. The molecule has 2 aromatic rings. The van der Waals surface area contributed by atoms with Gasteiger partial charge in [-0.25, -0.2) is 9.97 Å². The molecule has 0 bridgehead atoms. The first-order chi connectivity index (χ1) is 16.6. The van der Waals surface area contributed by atoms with E-state index in [9.17, 15) is 4.79 Å². The van der Waals surface area contributed by atoms with Gasteiger partial charge in [0.1, 0.15) is 11.8 Å². The number of nitriles is 1. The quantitative estimate of drug-likeness (QED) is 0.642. The van der Waals surface area contributed by atoms with E-state index in [0.717, 1.165) is 63.4 Å². The molecule has 0 radical (unpaired) electrons. The Labute approximate surface area is 208 Å². The van der Waals surface area contributed by atoms with E-state index in [1.165, 1.54) is 11.8 Å². The number of H-pyrrole nitrogens is 1. The number of likely N-dealkylation sites (N-methyl/N-ethyl adjacent to an activating group) is 1. The van der Waals surface area contributed by atoms with Gasteiger partial charge in [-0.2, -0.15) is 5.26 Å². The van der Waals surface area contributed by atoms with Gasteiger partial charge in [-0.1, -0.05) is 26.8 Å². The highest BCUT2D eigenvalue weighted by Crippen LogP contribution is 2.40. The Morgan fingerprint density at radius 2 is 2.00 bits per heavy atom. The van der Waals surface area contributed by atoms with E-state index < -0.39 is 0 Å². The maximum Gasteiger partial charge on any atom is 0.291 e. The minimum Gasteiger partial charge on any atom is -0.326 e. The van der Waals surface area contributed by atoms with Crippen molar-refractivity contribution in [2.24, 2.45) is 5.41 Å². The first-order valence-corrected chi connectivity index (χ1v) is 12.6. The van der Waals surface area contributed by atoms with E-state index in [1.54, 1.807) is 0 Å². The summed E-state index contributed by atoms with van der Waals surface area (Å²) < 4.78 is 0. The molecule has 1 aliphatic carbocycles. The predicted octanol–water partition coefficient (Wildman–Crippen LogP) is 4.39. The molecular weight excluding hydrogens is 438 g/mol. The second kappa shape index (κ2) is 9.92. The number of aromatic nitrogens is 3. The number of pyridine rings is 1. The fourth-order valence-corrected chi connectivity index (χ4v) is 4.90. The van der Waals surface area contributed by atoms with Crippen molar-refractivity contribution in [2.45, 2.75) is 59.4 Å². The van der Waals surface area contributed by atoms with E-state index in [4.69, 9.17) is 10.2 Å². The molecule has 35 heavy (non-hydrogen) atoms. The number of piperazine rings is 1. The highest BCUT2D eigenvalue weighted by atomic mass is 16.2. The van der Waals surface area contributed by atoms with Gasteiger partial charge in [0.15, 0.2) is 5.82 Å². The number of rotatable bonds is 6. The van der Waals surface area contributed by atoms with E-state index in [0.29, 0.717) is 5.69 Å². The van der Waals surface area contributed by atoms with Crippen LogP contribution in [0.1, 0.15) is 81.6 Å². The topological polar surface area (TPSA) is 101 Å². The van der Waals surface area contributed by atoms with Gasteiger partial charge in [0.25, 0.3) is 5.91 Å². The number of nitrogens with zero attached hydrogens (tertiary/aromatic N) is 5. The molecule has 1 fully saturated rings. The summed E-state index contributed by atoms with van der Waals surface area (Å²) in [4.78, 5) is 29.8. The third-order valence-corrected chi connectivity index (χ3v) is 7.57. The lowest BCUT2D eigenvalue weighted by Gasteiger charge is -2.43. The van der Waals surface area contributed by atoms with Crippen molar-refractivity contribution in [2.75, 3.05) is 38.0 Å². The molecule has 0 saturated carbocycles. The molecule has 4 rings (SSSR count). The van der Waals surface area contributed by atoms with Crippen LogP contribution in [0.5, 0.6) is 0 Å². The van der Waals surface area contributed by atoms with Crippen LogP contribution in [0.2, 0.25) is 0 Å². The Morgan fingerprint density at radius 3 is 2.60 bits per heavy atom. The molecule has 0 atom stereocenters. The third kappa shape index (κ3) is 5.47. The minimum absolute atomic E-state index is 0.115. The monoisotopic (exact) mass is 475 g/mol. The van der Waals surface area contributed by atoms with Crippen LogP contribution >= 0.6 is 0 Å². The van der Waals surface area contributed by atoms with Gasteiger partial charge in [-0.3, -0.25) is 9.69 Å². The standard InChI is InChI=1S/C27H37N7O/c1-6-33-13-15-34(16-14-33)27(4,5)22-8-7-21(31-25(35)24-29-18-20(17-28)30-24)23(32-22)19-9-11-26(2,3)12-10-19/h7-9,18H,6,10-16H2,1-5H3,(H,29,30)(H,31,35). The van der Waals surface area contributed by atoms with Crippen molar-refractivity contribution >= 4 is 17.2 Å². The van der Waals surface area contributed by atoms with Crippen LogP contribution in [-0.2, 0) is 5.54 Å². The van der Waals surface area contributed by atoms with Crippen LogP contribution in [0.25, 0.3) is 5.57 Å². The van der Waals surface area contributed by atoms with Gasteiger partial charge in [0, 0.05) is 26.2 Å². The van der Waals surface area contributed by atoms with E-state index in [1.807, 2.05) is 18.2 Å². The number of aromatic amines is 1. The summed E-state index contributed by atoms with van der Waals surface area (Å²) in [6.07, 6.45) is 6.61. The summed E-state index contributed by atoms with van der Waals surface area (Å²) in [5, 5.41) is 12.0. The number of hydrogen-bond acceptors (Lipinski definition) is 6. The van der Waals surface area contributed by atoms with Crippen molar-refractivity contribution < 1.29 is 4.79 Å². The normalized spacial score (nSPS) is 19.1. The molecule has 0 spiro atoms. The van der Waals surface area contributed by atoms with Crippen LogP contribution in [0, 0.1) is 16.7 Å². The number of anilines is 1. The summed E-state index contributed by atoms with van der Waals surface area (Å²) in [6, 6.07) is 5.97. The van der Waals surface area contributed by atoms with Gasteiger partial charge < -0.3 is 15.2 Å². The average molecular weight is 476 g/mol. The number of allylic oxidation sites excluding steroid dienone is 2. The Bertz CT molecular complexity index is 1150. The van der Waals surface area contributed by atoms with Gasteiger partial charge in [-0.05, 0) is 62.8 Å². The molecule has 2 aromatic heterocycles. The lowest BCUT2D eigenvalue weighted by Crippen LogP contribution is -2.53. The van der Waals surface area contributed by atoms with Gasteiger partial charge in [0.2, 0.25) is 0 Å². The van der Waals surface area contributed by atoms with Crippen LogP contribution in [-0.4, -0.2) is 63.4 Å². The third-order valence-electron chi connectivity index (χ3n) is 7.57. The Hall–Kier alpha value is -3.02. The fraction of sp³-hybridized carbons (Fsp3) is 0.556. The summed E-state index contributed by atoms with van der Waals surface area (Å²) >= 11 is 0. The number of nitrogens with one attached hydrogen (secondary N) is 2. The van der Waals surface area contributed by atoms with Crippen molar-refractivity contribution in [1.82, 2.24) is 24.8 Å². The molecule has 1 aliphatic heterocycles. The molecule has 2 N–H and O–H groups in total. The molecule has 2 aliphatic rings. The number of carbonyl (C=O) groups is 1. The van der Waals surface area contributed by atoms with Crippen molar-refractivity contribution in [1.29, 1.82) is 5.26 Å². The van der Waals surface area contributed by atoms with Crippen LogP contribution in [0.3, 0.4) is 0 Å². The molecule has 1 saturated heterocycles. The smallest absolute Gasteiger partial charge is 0.291 e. The second-order valence-corrected chi connectivity index (χ2v) is 10.9. The SMILES string of the molecule is CCN1CCN(C(C)(C)c2ccc(NC(=O)c3ncc(C#N)[nH]3)c(C3=CCC(C)(C)CC3)n2)CC1. The molecule has 3 heterocycles. The largest absolute Gasteiger partial charge is 0.326 e. The molecule has 8 heteroatoms. The number of amides is 1. The van der Waals surface area contributed by atoms with Gasteiger partial charge in [-0.15, -0.1) is 0 Å². The summed E-state index contributed by atoms with van der Waals surface area (Å²) in [7, 11) is 0. The maximum absolute atomic E-state index is 12.9. The molecule has 0 aromatic carbocycles. The number of carbonyl (C=O) groups excluding carboxylic acids is 1. The predicted molar refractivity (Wildman–Crippen MR) is 138 cm³/mol. The highest BCUT2D eigenvalue weighted by Gasteiger charge is 2.33. The first-order valence-electron chi connectivity index (χ1n) is 12.6. The average Bonchev–Trinajstić information content (AvgIpc) is 3.34. The highest BCUT2D eigenvalue weighted by molar-refractivity contribution is 6.03. The van der Waals surface area contributed by atoms with Crippen LogP contribution < -0.4 is 5.32 Å². The van der Waals surface area contributed by atoms with Crippen LogP contribution in [0.15, 0.2) is 24.4 Å². The number of imidazole rings is 1. The fourth-order valence-electron chi connectivity index (χ4n) is 4.90. The first kappa shape index (κ1) is 25.1. The van der Waals surface area contributed by atoms with Gasteiger partial charge in [0.05, 0.1) is 28.8 Å². The molecule has 0 unspecified atom stereocenters. The van der Waals surface area contributed by atoms with Gasteiger partial charge >= 0.3 is 0 Å². The maximum atomic E-state index is 12.9. The second-order valence-electron chi connectivity index (χ2n) is 10.9. The summed E-state index contributed by atoms with van der Waals surface area (Å²) in [5.74, 6) is -0.265. The summed E-state index contributed by atoms with van der Waals surface area (Å²) in [5.41, 5.74) is 3.98. The molecular formula is C27H37N7O. The Kier molecular flexibility index (Phi) is 7.11. The zero-order chi connectivity index (χ0) is 25.2. The molecule has 186 valence electrons. The minimum atomic E-state index is -0.381. The van der Waals surface area contributed by atoms with Crippen molar-refractivity contribution in [3.63, 3.8) is 0 Å². The summed E-state index contributed by atoms with van der Waals surface area (Å²) in [6.45, 7) is 16.5. The van der Waals surface area contributed by atoms with E-state index in [2.05, 4.69) is 65.8 Å². The van der Waals surface area contributed by atoms with E-state index in [-0.39, 0.29) is 28.4 Å². The van der Waals surface area contributed by atoms with Crippen molar-refractivity contribution in [3.8, 4) is 6.07 Å². The lowest BCUT2D eigenvalue weighted by molar-refractivity contribution is 0.0502. The van der Waals surface area contributed by atoms with Crippen LogP contribution in [0.4, 0.5) is 5.69 Å². The number of hydrogen-bond donors (Lipinski definition) is 2. The Morgan fingerprint density at radius 1 is 1.26 bits per heavy atom. The zero-order valence-electron chi connectivity index (χ0n) is 21.6. The molecule has 1 amide bonds. The van der Waals surface area contributed by atoms with Crippen molar-refractivity contribution in [3.05, 3.63) is 47.3 Å². The molecule has 8 nitrogen and oxygen atoms in total. The Balaban J connectivity index is 1.66.